The maximum Gasteiger partial charge on any atom is 0.0286 e. The summed E-state index contributed by atoms with van der Waals surface area (Å²) >= 11 is 0. The molecule has 0 heteroatoms. The van der Waals surface area contributed by atoms with E-state index in [4.69, 9.17) is 0 Å². The normalized spacial score (nSPS) is 21.5. The second-order valence-corrected chi connectivity index (χ2v) is 4.91. The van der Waals surface area contributed by atoms with Gasteiger partial charge in [-0.25, -0.2) is 0 Å². The molecule has 0 N–H and O–H groups in total. The average molecular weight is 150 g/mol. The minimum Gasteiger partial charge on any atom is -0.0968 e. The molecule has 1 rings (SSSR count). The molecule has 0 atom stereocenters. The van der Waals surface area contributed by atoms with Crippen molar-refractivity contribution in [2.24, 2.45) is 10.8 Å². The van der Waals surface area contributed by atoms with E-state index in [2.05, 4.69) is 39.5 Å². The summed E-state index contributed by atoms with van der Waals surface area (Å²) in [7, 11) is 0. The lowest BCUT2D eigenvalue weighted by Crippen LogP contribution is -2.23. The Balaban J connectivity index is 2.56. The summed E-state index contributed by atoms with van der Waals surface area (Å²) in [6.45, 7) is 8.78. The van der Waals surface area contributed by atoms with Crippen LogP contribution in [0.3, 0.4) is 0 Å². The van der Waals surface area contributed by atoms with E-state index < -0.39 is 0 Å². The molecule has 0 bridgehead atoms. The molecule has 0 radical (unpaired) electrons. The molecule has 0 aliphatic heterocycles. The van der Waals surface area contributed by atoms with Crippen molar-refractivity contribution in [1.29, 1.82) is 0 Å². The molecule has 1 aliphatic carbocycles. The Bertz CT molecular complexity index is 190. The van der Waals surface area contributed by atoms with Crippen LogP contribution in [-0.2, 0) is 0 Å². The molecule has 62 valence electrons. The van der Waals surface area contributed by atoms with Gasteiger partial charge in [0.25, 0.3) is 0 Å². The summed E-state index contributed by atoms with van der Waals surface area (Å²) in [5.74, 6) is 6.70. The van der Waals surface area contributed by atoms with Gasteiger partial charge in [0.05, 0.1) is 0 Å². The van der Waals surface area contributed by atoms with Crippen molar-refractivity contribution in [3.8, 4) is 11.8 Å². The molecule has 0 heterocycles. The van der Waals surface area contributed by atoms with Crippen LogP contribution in [-0.4, -0.2) is 0 Å². The molecule has 0 amide bonds. The van der Waals surface area contributed by atoms with E-state index in [9.17, 15) is 0 Å². The summed E-state index contributed by atoms with van der Waals surface area (Å²) < 4.78 is 0. The van der Waals surface area contributed by atoms with Gasteiger partial charge in [0.1, 0.15) is 0 Å². The first-order valence-corrected chi connectivity index (χ1v) is 4.46. The minimum absolute atomic E-state index is 0.179. The van der Waals surface area contributed by atoms with E-state index in [1.165, 1.54) is 19.3 Å². The summed E-state index contributed by atoms with van der Waals surface area (Å²) in [6, 6.07) is 0. The average Bonchev–Trinajstić information content (AvgIpc) is 1.77. The number of hydrogen-bond donors (Lipinski definition) is 0. The molecule has 1 fully saturated rings. The Labute approximate surface area is 70.4 Å². The lowest BCUT2D eigenvalue weighted by molar-refractivity contribution is 0.247. The molecule has 0 aromatic rings. The maximum atomic E-state index is 3.39. The first kappa shape index (κ1) is 8.65. The van der Waals surface area contributed by atoms with Crippen LogP contribution < -0.4 is 0 Å². The molecule has 1 saturated carbocycles. The molecule has 0 nitrogen and oxygen atoms in total. The Morgan fingerprint density at radius 3 is 2.00 bits per heavy atom. The molecule has 0 unspecified atom stereocenters. The lowest BCUT2D eigenvalue weighted by atomic mass is 9.70. The fraction of sp³-hybridized carbons (Fsp3) is 0.818. The first-order valence-electron chi connectivity index (χ1n) is 4.46. The van der Waals surface area contributed by atoms with Crippen molar-refractivity contribution < 1.29 is 0 Å². The van der Waals surface area contributed by atoms with E-state index in [-0.39, 0.29) is 5.41 Å². The molecule has 1 aliphatic rings. The van der Waals surface area contributed by atoms with Gasteiger partial charge in [0.15, 0.2) is 0 Å². The third kappa shape index (κ3) is 2.58. The van der Waals surface area contributed by atoms with Gasteiger partial charge in [0, 0.05) is 10.8 Å². The Morgan fingerprint density at radius 2 is 1.73 bits per heavy atom. The van der Waals surface area contributed by atoms with Crippen LogP contribution in [0, 0.1) is 22.7 Å². The zero-order valence-corrected chi connectivity index (χ0v) is 8.12. The van der Waals surface area contributed by atoms with Crippen molar-refractivity contribution in [2.75, 3.05) is 0 Å². The van der Waals surface area contributed by atoms with Crippen molar-refractivity contribution in [3.63, 3.8) is 0 Å². The molecule has 0 aromatic carbocycles. The smallest absolute Gasteiger partial charge is 0.0286 e. The van der Waals surface area contributed by atoms with Crippen LogP contribution in [0.2, 0.25) is 0 Å². The minimum atomic E-state index is 0.179. The third-order valence-corrected chi connectivity index (χ3v) is 2.20. The van der Waals surface area contributed by atoms with Crippen molar-refractivity contribution in [3.05, 3.63) is 0 Å². The van der Waals surface area contributed by atoms with Gasteiger partial charge in [0.2, 0.25) is 0 Å². The Hall–Kier alpha value is -0.440. The topological polar surface area (TPSA) is 0 Å². The van der Waals surface area contributed by atoms with Gasteiger partial charge in [-0.15, -0.1) is 0 Å². The van der Waals surface area contributed by atoms with Crippen LogP contribution >= 0.6 is 0 Å². The van der Waals surface area contributed by atoms with E-state index in [0.717, 1.165) is 0 Å². The van der Waals surface area contributed by atoms with Crippen molar-refractivity contribution in [2.45, 2.75) is 47.0 Å². The van der Waals surface area contributed by atoms with Crippen LogP contribution in [0.15, 0.2) is 0 Å². The Kier molecular flexibility index (Phi) is 2.01. The highest BCUT2D eigenvalue weighted by molar-refractivity contribution is 5.17. The predicted molar refractivity (Wildman–Crippen MR) is 49.2 cm³/mol. The van der Waals surface area contributed by atoms with Crippen LogP contribution in [0.4, 0.5) is 0 Å². The summed E-state index contributed by atoms with van der Waals surface area (Å²) in [6.07, 6.45) is 3.97. The zero-order valence-electron chi connectivity index (χ0n) is 8.12. The number of hydrogen-bond acceptors (Lipinski definition) is 0. The van der Waals surface area contributed by atoms with Crippen LogP contribution in [0.1, 0.15) is 47.0 Å². The highest BCUT2D eigenvalue weighted by Crippen LogP contribution is 2.39. The van der Waals surface area contributed by atoms with Crippen molar-refractivity contribution in [1.82, 2.24) is 0 Å². The van der Waals surface area contributed by atoms with Gasteiger partial charge in [-0.05, 0) is 40.5 Å². The van der Waals surface area contributed by atoms with Gasteiger partial charge >= 0.3 is 0 Å². The number of rotatable bonds is 0. The van der Waals surface area contributed by atoms with E-state index >= 15 is 0 Å². The van der Waals surface area contributed by atoms with E-state index in [1.54, 1.807) is 0 Å². The monoisotopic (exact) mass is 150 g/mol. The van der Waals surface area contributed by atoms with Gasteiger partial charge < -0.3 is 0 Å². The fourth-order valence-corrected chi connectivity index (χ4v) is 1.17. The van der Waals surface area contributed by atoms with Crippen LogP contribution in [0.25, 0.3) is 0 Å². The largest absolute Gasteiger partial charge is 0.0968 e. The summed E-state index contributed by atoms with van der Waals surface area (Å²) in [5, 5.41) is 0. The second kappa shape index (κ2) is 2.55. The first-order chi connectivity index (χ1) is 4.91. The van der Waals surface area contributed by atoms with Gasteiger partial charge in [-0.2, -0.15) is 0 Å². The second-order valence-electron chi connectivity index (χ2n) is 4.91. The lowest BCUT2D eigenvalue weighted by Gasteiger charge is -2.33. The fourth-order valence-electron chi connectivity index (χ4n) is 1.17. The molecule has 0 saturated heterocycles. The molecule has 0 aromatic heterocycles. The van der Waals surface area contributed by atoms with E-state index in [1.807, 2.05) is 0 Å². The predicted octanol–water partition coefficient (Wildman–Crippen LogP) is 3.23. The summed E-state index contributed by atoms with van der Waals surface area (Å²) in [4.78, 5) is 0. The molecule has 0 spiro atoms. The molecular weight excluding hydrogens is 132 g/mol. The van der Waals surface area contributed by atoms with Crippen molar-refractivity contribution >= 4 is 0 Å². The highest BCUT2D eigenvalue weighted by Gasteiger charge is 2.29. The zero-order chi connectivity index (χ0) is 8.54. The van der Waals surface area contributed by atoms with Gasteiger partial charge in [-0.3, -0.25) is 0 Å². The summed E-state index contributed by atoms with van der Waals surface area (Å²) in [5.41, 5.74) is 0.548. The SMILES string of the molecule is CC(C)(C)C#CC1(C)CCC1. The highest BCUT2D eigenvalue weighted by atomic mass is 14.3. The quantitative estimate of drug-likeness (QED) is 0.465. The maximum absolute atomic E-state index is 3.39. The Morgan fingerprint density at radius 1 is 1.18 bits per heavy atom. The van der Waals surface area contributed by atoms with E-state index in [0.29, 0.717) is 5.41 Å². The molecular formula is C11H18. The third-order valence-electron chi connectivity index (χ3n) is 2.20. The van der Waals surface area contributed by atoms with Gasteiger partial charge in [-0.1, -0.05) is 18.3 Å². The van der Waals surface area contributed by atoms with Crippen LogP contribution in [0.5, 0.6) is 0 Å². The standard InChI is InChI=1S/C11H18/c1-10(2,3)8-9-11(4)6-5-7-11/h5-7H2,1-4H3. The molecule has 11 heavy (non-hydrogen) atoms.